The van der Waals surface area contributed by atoms with E-state index in [2.05, 4.69) is 46.3 Å². The van der Waals surface area contributed by atoms with Gasteiger partial charge in [-0.3, -0.25) is 0 Å². The van der Waals surface area contributed by atoms with Crippen molar-refractivity contribution in [2.24, 2.45) is 0 Å². The number of fused-ring (bicyclic) bond motifs is 1. The van der Waals surface area contributed by atoms with Gasteiger partial charge in [0, 0.05) is 5.33 Å². The first-order valence-electron chi connectivity index (χ1n) is 4.47. The molecule has 2 rings (SSSR count). The summed E-state index contributed by atoms with van der Waals surface area (Å²) < 4.78 is 5.18. The highest BCUT2D eigenvalue weighted by Crippen LogP contribution is 2.24. The molecule has 14 heavy (non-hydrogen) atoms. The SMILES string of the molecule is COc1ccc2c(CBr)cccc2c1. The van der Waals surface area contributed by atoms with Crippen LogP contribution in [0.2, 0.25) is 0 Å². The van der Waals surface area contributed by atoms with Crippen molar-refractivity contribution in [1.29, 1.82) is 0 Å². The van der Waals surface area contributed by atoms with E-state index in [1.165, 1.54) is 16.3 Å². The zero-order chi connectivity index (χ0) is 9.97. The molecule has 0 saturated carbocycles. The molecule has 0 amide bonds. The predicted octanol–water partition coefficient (Wildman–Crippen LogP) is 3.74. The summed E-state index contributed by atoms with van der Waals surface area (Å²) in [5.41, 5.74) is 1.31. The van der Waals surface area contributed by atoms with Crippen molar-refractivity contribution in [3.05, 3.63) is 42.0 Å². The standard InChI is InChI=1S/C12H11BrO/c1-14-11-5-6-12-9(7-11)3-2-4-10(12)8-13/h2-7H,8H2,1H3. The molecule has 0 atom stereocenters. The van der Waals surface area contributed by atoms with Crippen molar-refractivity contribution in [3.8, 4) is 5.75 Å². The Morgan fingerprint density at radius 3 is 2.79 bits per heavy atom. The number of hydrogen-bond donors (Lipinski definition) is 0. The number of halogens is 1. The second kappa shape index (κ2) is 4.01. The van der Waals surface area contributed by atoms with Gasteiger partial charge in [-0.2, -0.15) is 0 Å². The fourth-order valence-electron chi connectivity index (χ4n) is 1.57. The maximum atomic E-state index is 5.18. The lowest BCUT2D eigenvalue weighted by atomic mass is 10.1. The van der Waals surface area contributed by atoms with Crippen molar-refractivity contribution < 1.29 is 4.74 Å². The normalized spacial score (nSPS) is 10.4. The van der Waals surface area contributed by atoms with Crippen LogP contribution < -0.4 is 4.74 Å². The molecule has 1 nitrogen and oxygen atoms in total. The van der Waals surface area contributed by atoms with Crippen LogP contribution in [0.3, 0.4) is 0 Å². The third-order valence-corrected chi connectivity index (χ3v) is 2.93. The Labute approximate surface area is 91.8 Å². The summed E-state index contributed by atoms with van der Waals surface area (Å²) in [7, 11) is 1.69. The Hall–Kier alpha value is -1.02. The summed E-state index contributed by atoms with van der Waals surface area (Å²) in [4.78, 5) is 0. The van der Waals surface area contributed by atoms with Crippen LogP contribution in [0.25, 0.3) is 10.8 Å². The second-order valence-electron chi connectivity index (χ2n) is 3.14. The highest BCUT2D eigenvalue weighted by Gasteiger charge is 2.00. The van der Waals surface area contributed by atoms with Crippen LogP contribution in [-0.2, 0) is 5.33 Å². The summed E-state index contributed by atoms with van der Waals surface area (Å²) in [6, 6.07) is 12.5. The fraction of sp³-hybridized carbons (Fsp3) is 0.167. The Bertz CT molecular complexity index is 451. The van der Waals surface area contributed by atoms with E-state index in [0.29, 0.717) is 0 Å². The van der Waals surface area contributed by atoms with E-state index in [9.17, 15) is 0 Å². The highest BCUT2D eigenvalue weighted by molar-refractivity contribution is 9.08. The van der Waals surface area contributed by atoms with E-state index >= 15 is 0 Å². The molecule has 0 aromatic heterocycles. The molecule has 72 valence electrons. The molecule has 0 heterocycles. The molecule has 2 heteroatoms. The average molecular weight is 251 g/mol. The van der Waals surface area contributed by atoms with Crippen LogP contribution in [0.4, 0.5) is 0 Å². The third-order valence-electron chi connectivity index (χ3n) is 2.32. The maximum absolute atomic E-state index is 5.18. The minimum Gasteiger partial charge on any atom is -0.497 e. The number of alkyl halides is 1. The lowest BCUT2D eigenvalue weighted by molar-refractivity contribution is 0.415. The first-order valence-corrected chi connectivity index (χ1v) is 5.59. The van der Waals surface area contributed by atoms with Gasteiger partial charge in [0.25, 0.3) is 0 Å². The number of ether oxygens (including phenoxy) is 1. The van der Waals surface area contributed by atoms with Crippen LogP contribution in [0.1, 0.15) is 5.56 Å². The van der Waals surface area contributed by atoms with Gasteiger partial charge in [0.05, 0.1) is 7.11 Å². The largest absolute Gasteiger partial charge is 0.497 e. The lowest BCUT2D eigenvalue weighted by Gasteiger charge is -2.05. The van der Waals surface area contributed by atoms with Crippen molar-refractivity contribution in [2.75, 3.05) is 7.11 Å². The van der Waals surface area contributed by atoms with Crippen molar-refractivity contribution in [1.82, 2.24) is 0 Å². The maximum Gasteiger partial charge on any atom is 0.119 e. The number of rotatable bonds is 2. The predicted molar refractivity (Wildman–Crippen MR) is 63.1 cm³/mol. The molecule has 0 fully saturated rings. The number of benzene rings is 2. The quantitative estimate of drug-likeness (QED) is 0.738. The van der Waals surface area contributed by atoms with Crippen molar-refractivity contribution in [2.45, 2.75) is 5.33 Å². The Morgan fingerprint density at radius 2 is 2.07 bits per heavy atom. The van der Waals surface area contributed by atoms with E-state index in [1.54, 1.807) is 7.11 Å². The molecule has 0 aliphatic heterocycles. The highest BCUT2D eigenvalue weighted by atomic mass is 79.9. The smallest absolute Gasteiger partial charge is 0.119 e. The summed E-state index contributed by atoms with van der Waals surface area (Å²) in [5.74, 6) is 0.907. The molecule has 0 N–H and O–H groups in total. The summed E-state index contributed by atoms with van der Waals surface area (Å²) in [6.45, 7) is 0. The van der Waals surface area contributed by atoms with Gasteiger partial charge in [-0.1, -0.05) is 40.2 Å². The van der Waals surface area contributed by atoms with Gasteiger partial charge >= 0.3 is 0 Å². The summed E-state index contributed by atoms with van der Waals surface area (Å²) in [6.07, 6.45) is 0. The van der Waals surface area contributed by atoms with Crippen molar-refractivity contribution in [3.63, 3.8) is 0 Å². The van der Waals surface area contributed by atoms with Crippen LogP contribution in [0, 0.1) is 0 Å². The van der Waals surface area contributed by atoms with Crippen LogP contribution in [-0.4, -0.2) is 7.11 Å². The lowest BCUT2D eigenvalue weighted by Crippen LogP contribution is -1.85. The van der Waals surface area contributed by atoms with E-state index in [0.717, 1.165) is 11.1 Å². The first kappa shape index (κ1) is 9.53. The van der Waals surface area contributed by atoms with Crippen LogP contribution in [0.5, 0.6) is 5.75 Å². The summed E-state index contributed by atoms with van der Waals surface area (Å²) in [5, 5.41) is 3.39. The van der Waals surface area contributed by atoms with E-state index in [1.807, 2.05) is 6.07 Å². The van der Waals surface area contributed by atoms with Gasteiger partial charge in [0.1, 0.15) is 5.75 Å². The Morgan fingerprint density at radius 1 is 1.21 bits per heavy atom. The molecular formula is C12H11BrO. The molecule has 0 unspecified atom stereocenters. The minimum absolute atomic E-state index is 0.886. The topological polar surface area (TPSA) is 9.23 Å². The fourth-order valence-corrected chi connectivity index (χ4v) is 2.06. The van der Waals surface area contributed by atoms with Gasteiger partial charge < -0.3 is 4.74 Å². The summed E-state index contributed by atoms with van der Waals surface area (Å²) >= 11 is 3.48. The molecule has 0 saturated heterocycles. The molecule has 0 bridgehead atoms. The first-order chi connectivity index (χ1) is 6.85. The second-order valence-corrected chi connectivity index (χ2v) is 3.70. The zero-order valence-corrected chi connectivity index (χ0v) is 9.54. The minimum atomic E-state index is 0.886. The molecule has 2 aromatic carbocycles. The third kappa shape index (κ3) is 1.62. The van der Waals surface area contributed by atoms with E-state index in [-0.39, 0.29) is 0 Å². The molecule has 2 aromatic rings. The van der Waals surface area contributed by atoms with E-state index in [4.69, 9.17) is 4.74 Å². The van der Waals surface area contributed by atoms with Crippen LogP contribution >= 0.6 is 15.9 Å². The number of methoxy groups -OCH3 is 1. The van der Waals surface area contributed by atoms with Gasteiger partial charge in [-0.05, 0) is 28.5 Å². The Kier molecular flexibility index (Phi) is 2.73. The van der Waals surface area contributed by atoms with Gasteiger partial charge in [0.15, 0.2) is 0 Å². The number of hydrogen-bond acceptors (Lipinski definition) is 1. The van der Waals surface area contributed by atoms with E-state index < -0.39 is 0 Å². The molecule has 0 spiro atoms. The molecule has 0 aliphatic carbocycles. The molecular weight excluding hydrogens is 240 g/mol. The average Bonchev–Trinajstić information content (AvgIpc) is 2.27. The monoisotopic (exact) mass is 250 g/mol. The Balaban J connectivity index is 2.67. The molecule has 0 radical (unpaired) electrons. The van der Waals surface area contributed by atoms with Gasteiger partial charge in [-0.15, -0.1) is 0 Å². The van der Waals surface area contributed by atoms with Crippen molar-refractivity contribution >= 4 is 26.7 Å². The van der Waals surface area contributed by atoms with Gasteiger partial charge in [0.2, 0.25) is 0 Å². The van der Waals surface area contributed by atoms with Crippen LogP contribution in [0.15, 0.2) is 36.4 Å². The molecule has 0 aliphatic rings. The zero-order valence-electron chi connectivity index (χ0n) is 7.96. The van der Waals surface area contributed by atoms with Gasteiger partial charge in [-0.25, -0.2) is 0 Å².